The van der Waals surface area contributed by atoms with E-state index in [-0.39, 0.29) is 5.76 Å². The van der Waals surface area contributed by atoms with Crippen LogP contribution in [0.4, 0.5) is 8.78 Å². The maximum atomic E-state index is 13.4. The summed E-state index contributed by atoms with van der Waals surface area (Å²) in [6, 6.07) is 2.84. The minimum absolute atomic E-state index is 0.0375. The molecule has 0 amide bonds. The van der Waals surface area contributed by atoms with Crippen LogP contribution in [0.15, 0.2) is 47.3 Å². The molecule has 0 saturated carbocycles. The highest BCUT2D eigenvalue weighted by molar-refractivity contribution is 5.12. The van der Waals surface area contributed by atoms with Gasteiger partial charge in [0.05, 0.1) is 12.7 Å². The van der Waals surface area contributed by atoms with Gasteiger partial charge in [0.2, 0.25) is 0 Å². The third-order valence-electron chi connectivity index (χ3n) is 1.96. The van der Waals surface area contributed by atoms with E-state index in [2.05, 4.69) is 6.58 Å². The second-order valence-corrected chi connectivity index (χ2v) is 3.25. The van der Waals surface area contributed by atoms with Crippen LogP contribution in [-0.4, -0.2) is 22.2 Å². The van der Waals surface area contributed by atoms with Gasteiger partial charge in [-0.25, -0.2) is 8.78 Å². The molecule has 5 heteroatoms. The molecule has 88 valence electrons. The van der Waals surface area contributed by atoms with E-state index >= 15 is 0 Å². The number of hydrogen-bond donors (Lipinski definition) is 2. The van der Waals surface area contributed by atoms with Crippen molar-refractivity contribution in [2.75, 3.05) is 0 Å². The lowest BCUT2D eigenvalue weighted by Gasteiger charge is -2.20. The Labute approximate surface area is 91.3 Å². The molecule has 1 atom stereocenters. The molecule has 1 aromatic heterocycles. The minimum atomic E-state index is -3.50. The van der Waals surface area contributed by atoms with Crippen LogP contribution < -0.4 is 0 Å². The SMILES string of the molecule is C=C/C=C(\O)[C@@H](O)C(F)(F)Cc1ccco1. The number of aliphatic hydroxyl groups excluding tert-OH is 2. The van der Waals surface area contributed by atoms with Crippen molar-refractivity contribution < 1.29 is 23.4 Å². The molecule has 0 aliphatic rings. The summed E-state index contributed by atoms with van der Waals surface area (Å²) in [5.41, 5.74) is 0. The van der Waals surface area contributed by atoms with E-state index in [0.717, 1.165) is 12.2 Å². The number of furan rings is 1. The van der Waals surface area contributed by atoms with Crippen LogP contribution in [0.5, 0.6) is 0 Å². The van der Waals surface area contributed by atoms with Gasteiger partial charge in [-0.05, 0) is 18.2 Å². The van der Waals surface area contributed by atoms with Gasteiger partial charge in [0.25, 0.3) is 5.92 Å². The average Bonchev–Trinajstić information content (AvgIpc) is 2.68. The van der Waals surface area contributed by atoms with Crippen LogP contribution >= 0.6 is 0 Å². The summed E-state index contributed by atoms with van der Waals surface area (Å²) in [5, 5.41) is 18.3. The molecule has 1 aromatic rings. The molecular formula is C11H12F2O3. The Bertz CT molecular complexity index is 369. The average molecular weight is 230 g/mol. The van der Waals surface area contributed by atoms with Crippen LogP contribution in [0.3, 0.4) is 0 Å². The van der Waals surface area contributed by atoms with Gasteiger partial charge in [0.1, 0.15) is 11.5 Å². The maximum Gasteiger partial charge on any atom is 0.287 e. The highest BCUT2D eigenvalue weighted by Crippen LogP contribution is 2.27. The van der Waals surface area contributed by atoms with Gasteiger partial charge in [-0.3, -0.25) is 0 Å². The fraction of sp³-hybridized carbons (Fsp3) is 0.273. The fourth-order valence-electron chi connectivity index (χ4n) is 1.17. The molecule has 0 aliphatic carbocycles. The van der Waals surface area contributed by atoms with E-state index in [1.807, 2.05) is 0 Å². The van der Waals surface area contributed by atoms with Crippen molar-refractivity contribution in [2.24, 2.45) is 0 Å². The number of hydrogen-bond acceptors (Lipinski definition) is 3. The highest BCUT2D eigenvalue weighted by Gasteiger charge is 2.41. The van der Waals surface area contributed by atoms with Crippen molar-refractivity contribution in [1.29, 1.82) is 0 Å². The molecule has 16 heavy (non-hydrogen) atoms. The quantitative estimate of drug-likeness (QED) is 0.603. The monoisotopic (exact) mass is 230 g/mol. The van der Waals surface area contributed by atoms with Gasteiger partial charge in [-0.15, -0.1) is 0 Å². The number of halogens is 2. The first kappa shape index (κ1) is 12.4. The van der Waals surface area contributed by atoms with Crippen molar-refractivity contribution in [3.8, 4) is 0 Å². The van der Waals surface area contributed by atoms with Crippen molar-refractivity contribution in [1.82, 2.24) is 0 Å². The molecule has 0 aromatic carbocycles. The first-order chi connectivity index (χ1) is 7.47. The van der Waals surface area contributed by atoms with Crippen LogP contribution in [0.2, 0.25) is 0 Å². The van der Waals surface area contributed by atoms with E-state index in [9.17, 15) is 13.9 Å². The zero-order valence-corrected chi connectivity index (χ0v) is 8.44. The summed E-state index contributed by atoms with van der Waals surface area (Å²) in [6.07, 6.45) is 0.242. The number of alkyl halides is 2. The molecule has 0 radical (unpaired) electrons. The van der Waals surface area contributed by atoms with Gasteiger partial charge in [-0.2, -0.15) is 0 Å². The third kappa shape index (κ3) is 2.93. The van der Waals surface area contributed by atoms with Gasteiger partial charge in [0.15, 0.2) is 6.10 Å². The van der Waals surface area contributed by atoms with Crippen LogP contribution in [-0.2, 0) is 6.42 Å². The van der Waals surface area contributed by atoms with Crippen molar-refractivity contribution >= 4 is 0 Å². The van der Waals surface area contributed by atoms with E-state index in [4.69, 9.17) is 9.52 Å². The molecule has 3 nitrogen and oxygen atoms in total. The Balaban J connectivity index is 2.76. The summed E-state index contributed by atoms with van der Waals surface area (Å²) in [4.78, 5) is 0. The molecule has 1 heterocycles. The van der Waals surface area contributed by atoms with E-state index in [1.165, 1.54) is 18.4 Å². The van der Waals surface area contributed by atoms with Crippen LogP contribution in [0, 0.1) is 0 Å². The van der Waals surface area contributed by atoms with Gasteiger partial charge in [-0.1, -0.05) is 12.7 Å². The number of rotatable bonds is 5. The molecule has 2 N–H and O–H groups in total. The predicted octanol–water partition coefficient (Wildman–Crippen LogP) is 2.45. The van der Waals surface area contributed by atoms with Gasteiger partial charge < -0.3 is 14.6 Å². The van der Waals surface area contributed by atoms with E-state index in [0.29, 0.717) is 0 Å². The van der Waals surface area contributed by atoms with E-state index in [1.54, 1.807) is 0 Å². The Morgan fingerprint density at radius 2 is 2.31 bits per heavy atom. The molecule has 0 unspecified atom stereocenters. The first-order valence-corrected chi connectivity index (χ1v) is 4.57. The fourth-order valence-corrected chi connectivity index (χ4v) is 1.17. The van der Waals surface area contributed by atoms with E-state index < -0.39 is 24.2 Å². The Morgan fingerprint density at radius 1 is 1.62 bits per heavy atom. The second-order valence-electron chi connectivity index (χ2n) is 3.25. The summed E-state index contributed by atoms with van der Waals surface area (Å²) < 4.78 is 31.6. The standard InChI is InChI=1S/C11H12F2O3/c1-2-4-9(14)10(15)11(12,13)7-8-5-3-6-16-8/h2-6,10,14-15H,1,7H2/b9-4-/t10-/m1/s1. The first-order valence-electron chi connectivity index (χ1n) is 4.57. The Hall–Kier alpha value is -1.62. The normalized spacial score (nSPS) is 14.8. The highest BCUT2D eigenvalue weighted by atomic mass is 19.3. The topological polar surface area (TPSA) is 53.6 Å². The molecule has 0 bridgehead atoms. The van der Waals surface area contributed by atoms with Gasteiger partial charge >= 0.3 is 0 Å². The molecule has 0 fully saturated rings. The third-order valence-corrected chi connectivity index (χ3v) is 1.96. The van der Waals surface area contributed by atoms with Crippen LogP contribution in [0.1, 0.15) is 5.76 Å². The summed E-state index contributed by atoms with van der Waals surface area (Å²) >= 11 is 0. The van der Waals surface area contributed by atoms with Crippen molar-refractivity contribution in [2.45, 2.75) is 18.4 Å². The Morgan fingerprint density at radius 3 is 2.81 bits per heavy atom. The van der Waals surface area contributed by atoms with Crippen LogP contribution in [0.25, 0.3) is 0 Å². The molecule has 1 rings (SSSR count). The molecular weight excluding hydrogens is 218 g/mol. The largest absolute Gasteiger partial charge is 0.509 e. The zero-order chi connectivity index (χ0) is 12.2. The minimum Gasteiger partial charge on any atom is -0.509 e. The second kappa shape index (κ2) is 4.94. The molecule has 0 saturated heterocycles. The number of allylic oxidation sites excluding steroid dienone is 2. The summed E-state index contributed by atoms with van der Waals surface area (Å²) in [5.74, 6) is -4.29. The summed E-state index contributed by atoms with van der Waals surface area (Å²) in [6.45, 7) is 3.23. The number of aliphatic hydroxyl groups is 2. The molecule has 0 aliphatic heterocycles. The lowest BCUT2D eigenvalue weighted by atomic mass is 10.1. The lowest BCUT2D eigenvalue weighted by Crippen LogP contribution is -2.37. The maximum absolute atomic E-state index is 13.4. The van der Waals surface area contributed by atoms with Crippen molar-refractivity contribution in [3.05, 3.63) is 48.6 Å². The van der Waals surface area contributed by atoms with Gasteiger partial charge in [0, 0.05) is 0 Å². The Kier molecular flexibility index (Phi) is 3.84. The predicted molar refractivity (Wildman–Crippen MR) is 54.3 cm³/mol. The lowest BCUT2D eigenvalue weighted by molar-refractivity contribution is -0.106. The zero-order valence-electron chi connectivity index (χ0n) is 8.44. The smallest absolute Gasteiger partial charge is 0.287 e. The molecule has 0 spiro atoms. The van der Waals surface area contributed by atoms with Crippen molar-refractivity contribution in [3.63, 3.8) is 0 Å². The summed E-state index contributed by atoms with van der Waals surface area (Å²) in [7, 11) is 0.